The fraction of sp³-hybridized carbons (Fsp3) is 0.143. The normalized spacial score (nSPS) is 12.5. The quantitative estimate of drug-likeness (QED) is 0.896. The summed E-state index contributed by atoms with van der Waals surface area (Å²) in [5.41, 5.74) is 0.350. The first kappa shape index (κ1) is 14.1. The number of halogens is 4. The molecule has 0 amide bonds. The molecule has 0 bridgehead atoms. The summed E-state index contributed by atoms with van der Waals surface area (Å²) >= 11 is 3.18. The third-order valence-electron chi connectivity index (χ3n) is 2.67. The van der Waals surface area contributed by atoms with Crippen LogP contribution in [0.2, 0.25) is 0 Å². The van der Waals surface area contributed by atoms with Crippen molar-refractivity contribution in [3.63, 3.8) is 0 Å². The number of rotatable bonds is 3. The zero-order valence-corrected chi connectivity index (χ0v) is 11.3. The van der Waals surface area contributed by atoms with E-state index in [4.69, 9.17) is 0 Å². The molecule has 1 N–H and O–H groups in total. The molecule has 1 nitrogen and oxygen atoms in total. The molecule has 0 radical (unpaired) electrons. The summed E-state index contributed by atoms with van der Waals surface area (Å²) in [6.07, 6.45) is -1.24. The lowest BCUT2D eigenvalue weighted by Crippen LogP contribution is -2.05. The van der Waals surface area contributed by atoms with Gasteiger partial charge in [-0.1, -0.05) is 15.9 Å². The van der Waals surface area contributed by atoms with Crippen LogP contribution in [0.5, 0.6) is 0 Å². The topological polar surface area (TPSA) is 20.2 Å². The van der Waals surface area contributed by atoms with E-state index in [2.05, 4.69) is 15.9 Å². The van der Waals surface area contributed by atoms with Gasteiger partial charge in [-0.15, -0.1) is 0 Å². The first-order chi connectivity index (χ1) is 8.95. The summed E-state index contributed by atoms with van der Waals surface area (Å²) in [7, 11) is 0. The van der Waals surface area contributed by atoms with Crippen molar-refractivity contribution in [3.8, 4) is 0 Å². The van der Waals surface area contributed by atoms with Gasteiger partial charge in [0.15, 0.2) is 0 Å². The maximum absolute atomic E-state index is 13.6. The summed E-state index contributed by atoms with van der Waals surface area (Å²) in [5, 5.41) is 9.96. The Morgan fingerprint density at radius 3 is 2.26 bits per heavy atom. The average molecular weight is 331 g/mol. The zero-order valence-electron chi connectivity index (χ0n) is 9.71. The molecule has 1 unspecified atom stereocenters. The lowest BCUT2D eigenvalue weighted by Gasteiger charge is -2.12. The highest BCUT2D eigenvalue weighted by Gasteiger charge is 2.15. The number of benzene rings is 2. The predicted molar refractivity (Wildman–Crippen MR) is 69.1 cm³/mol. The van der Waals surface area contributed by atoms with Gasteiger partial charge in [-0.2, -0.15) is 0 Å². The highest BCUT2D eigenvalue weighted by atomic mass is 79.9. The fourth-order valence-corrected chi connectivity index (χ4v) is 2.21. The van der Waals surface area contributed by atoms with Gasteiger partial charge in [-0.3, -0.25) is 0 Å². The molecule has 0 saturated carbocycles. The average Bonchev–Trinajstić information content (AvgIpc) is 2.30. The van der Waals surface area contributed by atoms with Crippen LogP contribution in [0.15, 0.2) is 40.9 Å². The molecular weight excluding hydrogens is 321 g/mol. The van der Waals surface area contributed by atoms with Gasteiger partial charge in [0.1, 0.15) is 17.5 Å². The van der Waals surface area contributed by atoms with Crippen LogP contribution >= 0.6 is 15.9 Å². The lowest BCUT2D eigenvalue weighted by atomic mass is 10.0. The SMILES string of the molecule is OC(Cc1cc(F)cc(F)c1)c1cc(Br)ccc1F. The summed E-state index contributed by atoms with van der Waals surface area (Å²) in [5.74, 6) is -2.01. The largest absolute Gasteiger partial charge is 0.388 e. The van der Waals surface area contributed by atoms with Crippen molar-refractivity contribution in [2.45, 2.75) is 12.5 Å². The molecule has 0 aliphatic heterocycles. The highest BCUT2D eigenvalue weighted by molar-refractivity contribution is 9.10. The second kappa shape index (κ2) is 5.75. The van der Waals surface area contributed by atoms with Gasteiger partial charge < -0.3 is 5.11 Å². The Balaban J connectivity index is 2.25. The van der Waals surface area contributed by atoms with Gasteiger partial charge in [0.05, 0.1) is 6.10 Å². The number of aliphatic hydroxyl groups is 1. The molecule has 0 spiro atoms. The minimum Gasteiger partial charge on any atom is -0.388 e. The van der Waals surface area contributed by atoms with E-state index < -0.39 is 23.6 Å². The van der Waals surface area contributed by atoms with Crippen LogP contribution in [0.4, 0.5) is 13.2 Å². The van der Waals surface area contributed by atoms with Crippen LogP contribution in [0.1, 0.15) is 17.2 Å². The molecular formula is C14H10BrF3O. The van der Waals surface area contributed by atoms with Gasteiger partial charge >= 0.3 is 0 Å². The van der Waals surface area contributed by atoms with Crippen LogP contribution in [0.25, 0.3) is 0 Å². The Morgan fingerprint density at radius 1 is 1.00 bits per heavy atom. The number of hydrogen-bond donors (Lipinski definition) is 1. The van der Waals surface area contributed by atoms with Crippen molar-refractivity contribution < 1.29 is 18.3 Å². The first-order valence-corrected chi connectivity index (χ1v) is 6.33. The zero-order chi connectivity index (χ0) is 14.0. The predicted octanol–water partition coefficient (Wildman–Crippen LogP) is 4.14. The maximum atomic E-state index is 13.6. The van der Waals surface area contributed by atoms with Crippen LogP contribution in [0.3, 0.4) is 0 Å². The van der Waals surface area contributed by atoms with Crippen molar-refractivity contribution in [1.82, 2.24) is 0 Å². The molecule has 0 aliphatic rings. The molecule has 0 aliphatic carbocycles. The summed E-state index contributed by atoms with van der Waals surface area (Å²) in [6, 6.07) is 7.14. The van der Waals surface area contributed by atoms with Crippen molar-refractivity contribution in [2.24, 2.45) is 0 Å². The monoisotopic (exact) mass is 330 g/mol. The van der Waals surface area contributed by atoms with Gasteiger partial charge in [0.25, 0.3) is 0 Å². The van der Waals surface area contributed by atoms with E-state index in [1.54, 1.807) is 0 Å². The second-order valence-electron chi connectivity index (χ2n) is 4.16. The van der Waals surface area contributed by atoms with E-state index in [1.165, 1.54) is 18.2 Å². The first-order valence-electron chi connectivity index (χ1n) is 5.53. The third kappa shape index (κ3) is 3.58. The van der Waals surface area contributed by atoms with Crippen molar-refractivity contribution in [1.29, 1.82) is 0 Å². The molecule has 1 atom stereocenters. The summed E-state index contributed by atoms with van der Waals surface area (Å²) in [4.78, 5) is 0. The molecule has 0 aromatic heterocycles. The molecule has 0 fully saturated rings. The van der Waals surface area contributed by atoms with Crippen LogP contribution < -0.4 is 0 Å². The number of hydrogen-bond acceptors (Lipinski definition) is 1. The molecule has 2 rings (SSSR count). The third-order valence-corrected chi connectivity index (χ3v) is 3.16. The minimum atomic E-state index is -1.17. The van der Waals surface area contributed by atoms with Crippen molar-refractivity contribution >= 4 is 15.9 Å². The Kier molecular flexibility index (Phi) is 4.27. The van der Waals surface area contributed by atoms with Crippen LogP contribution in [-0.2, 0) is 6.42 Å². The molecule has 0 heterocycles. The highest BCUT2D eigenvalue weighted by Crippen LogP contribution is 2.25. The molecule has 2 aromatic rings. The second-order valence-corrected chi connectivity index (χ2v) is 5.08. The standard InChI is InChI=1S/C14H10BrF3O/c15-9-1-2-13(18)12(6-9)14(19)5-8-3-10(16)7-11(17)4-8/h1-4,6-7,14,19H,5H2. The molecule has 2 aromatic carbocycles. The van der Waals surface area contributed by atoms with Crippen LogP contribution in [0, 0.1) is 17.5 Å². The van der Waals surface area contributed by atoms with E-state index in [9.17, 15) is 18.3 Å². The molecule has 100 valence electrons. The Morgan fingerprint density at radius 2 is 1.63 bits per heavy atom. The van der Waals surface area contributed by atoms with Gasteiger partial charge in [-0.25, -0.2) is 13.2 Å². The fourth-order valence-electron chi connectivity index (χ4n) is 1.83. The van der Waals surface area contributed by atoms with Crippen molar-refractivity contribution in [3.05, 3.63) is 69.4 Å². The summed E-state index contributed by atoms with van der Waals surface area (Å²) in [6.45, 7) is 0. The van der Waals surface area contributed by atoms with E-state index in [-0.39, 0.29) is 17.5 Å². The molecule has 19 heavy (non-hydrogen) atoms. The van der Waals surface area contributed by atoms with Gasteiger partial charge in [-0.05, 0) is 35.9 Å². The number of aliphatic hydroxyl groups excluding tert-OH is 1. The van der Waals surface area contributed by atoms with Gasteiger partial charge in [0.2, 0.25) is 0 Å². The van der Waals surface area contributed by atoms with E-state index in [0.717, 1.165) is 18.2 Å². The lowest BCUT2D eigenvalue weighted by molar-refractivity contribution is 0.173. The maximum Gasteiger partial charge on any atom is 0.129 e. The van der Waals surface area contributed by atoms with Gasteiger partial charge in [0, 0.05) is 22.5 Å². The molecule has 0 saturated heterocycles. The Bertz CT molecular complexity index is 581. The van der Waals surface area contributed by atoms with E-state index >= 15 is 0 Å². The summed E-state index contributed by atoms with van der Waals surface area (Å²) < 4.78 is 40.2. The Hall–Kier alpha value is -1.33. The molecule has 5 heteroatoms. The Labute approximate surface area is 116 Å². The van der Waals surface area contributed by atoms with E-state index in [1.807, 2.05) is 0 Å². The van der Waals surface area contributed by atoms with Crippen molar-refractivity contribution in [2.75, 3.05) is 0 Å². The van der Waals surface area contributed by atoms with E-state index in [0.29, 0.717) is 4.47 Å². The van der Waals surface area contributed by atoms with Crippen LogP contribution in [-0.4, -0.2) is 5.11 Å². The smallest absolute Gasteiger partial charge is 0.129 e. The minimum absolute atomic E-state index is 0.0674.